The molecule has 21 heavy (non-hydrogen) atoms. The summed E-state index contributed by atoms with van der Waals surface area (Å²) >= 11 is 3.47. The third-order valence-electron chi connectivity index (χ3n) is 3.31. The van der Waals surface area contributed by atoms with E-state index in [1.807, 2.05) is 58.9 Å². The van der Waals surface area contributed by atoms with Crippen molar-refractivity contribution < 1.29 is 14.3 Å². The van der Waals surface area contributed by atoms with Crippen LogP contribution in [-0.4, -0.2) is 28.9 Å². The van der Waals surface area contributed by atoms with Crippen LogP contribution in [0, 0.1) is 0 Å². The van der Waals surface area contributed by atoms with Gasteiger partial charge in [0.1, 0.15) is 11.3 Å². The van der Waals surface area contributed by atoms with Gasteiger partial charge in [0.2, 0.25) is 0 Å². The van der Waals surface area contributed by atoms with Crippen LogP contribution in [0.25, 0.3) is 0 Å². The summed E-state index contributed by atoms with van der Waals surface area (Å²) in [6.07, 6.45) is -0.352. The molecule has 1 aliphatic heterocycles. The van der Waals surface area contributed by atoms with Crippen LogP contribution in [0.3, 0.4) is 0 Å². The molecule has 1 atom stereocenters. The molecule has 116 valence electrons. The maximum atomic E-state index is 12.6. The summed E-state index contributed by atoms with van der Waals surface area (Å²) in [4.78, 5) is 14.2. The Labute approximate surface area is 134 Å². The molecule has 1 amide bonds. The molecule has 4 nitrogen and oxygen atoms in total. The summed E-state index contributed by atoms with van der Waals surface area (Å²) < 4.78 is 12.3. The van der Waals surface area contributed by atoms with Crippen molar-refractivity contribution in [1.29, 1.82) is 0 Å². The highest BCUT2D eigenvalue weighted by Crippen LogP contribution is 2.38. The van der Waals surface area contributed by atoms with Crippen LogP contribution < -0.4 is 0 Å². The van der Waals surface area contributed by atoms with Crippen molar-refractivity contribution in [1.82, 2.24) is 4.90 Å². The van der Waals surface area contributed by atoms with E-state index >= 15 is 0 Å². The lowest BCUT2D eigenvalue weighted by Gasteiger charge is -2.35. The largest absolute Gasteiger partial charge is 0.444 e. The molecule has 0 spiro atoms. The van der Waals surface area contributed by atoms with Gasteiger partial charge in [-0.2, -0.15) is 0 Å². The van der Waals surface area contributed by atoms with Crippen molar-refractivity contribution in [3.8, 4) is 0 Å². The van der Waals surface area contributed by atoms with E-state index in [0.717, 1.165) is 10.0 Å². The Balaban J connectivity index is 2.31. The van der Waals surface area contributed by atoms with Crippen molar-refractivity contribution >= 4 is 22.0 Å². The molecule has 1 aromatic rings. The smallest absolute Gasteiger partial charge is 0.413 e. The molecule has 0 bridgehead atoms. The molecule has 1 heterocycles. The summed E-state index contributed by atoms with van der Waals surface area (Å²) in [6, 6.07) is 7.78. The van der Waals surface area contributed by atoms with E-state index in [1.54, 1.807) is 4.90 Å². The van der Waals surface area contributed by atoms with Gasteiger partial charge in [0.05, 0.1) is 12.6 Å². The lowest BCUT2D eigenvalue weighted by atomic mass is 10.1. The molecule has 0 unspecified atom stereocenters. The lowest BCUT2D eigenvalue weighted by molar-refractivity contribution is -0.0626. The molecule has 0 N–H and O–H groups in total. The van der Waals surface area contributed by atoms with E-state index in [2.05, 4.69) is 15.9 Å². The minimum absolute atomic E-state index is 0.146. The van der Waals surface area contributed by atoms with E-state index in [1.165, 1.54) is 0 Å². The third-order valence-corrected chi connectivity index (χ3v) is 3.80. The summed E-state index contributed by atoms with van der Waals surface area (Å²) in [6.45, 7) is 9.82. The Hall–Kier alpha value is -1.07. The quantitative estimate of drug-likeness (QED) is 0.744. The number of rotatable bonds is 1. The van der Waals surface area contributed by atoms with E-state index < -0.39 is 11.3 Å². The fourth-order valence-electron chi connectivity index (χ4n) is 2.42. The SMILES string of the molecule is CC(C)(C)OC(=O)N1[C@@H](c2cccc(Br)c2)COC1(C)C. The Morgan fingerprint density at radius 2 is 2.10 bits per heavy atom. The Bertz CT molecular complexity index is 537. The molecule has 1 aromatic carbocycles. The second-order valence-corrected chi connectivity index (χ2v) is 7.59. The average molecular weight is 356 g/mol. The van der Waals surface area contributed by atoms with Crippen molar-refractivity contribution in [3.63, 3.8) is 0 Å². The molecular weight excluding hydrogens is 334 g/mol. The maximum Gasteiger partial charge on any atom is 0.413 e. The zero-order valence-corrected chi connectivity index (χ0v) is 14.7. The average Bonchev–Trinajstić information content (AvgIpc) is 2.62. The molecule has 0 aliphatic carbocycles. The van der Waals surface area contributed by atoms with Crippen molar-refractivity contribution in [2.24, 2.45) is 0 Å². The summed E-state index contributed by atoms with van der Waals surface area (Å²) in [7, 11) is 0. The van der Waals surface area contributed by atoms with Crippen LogP contribution in [0.4, 0.5) is 4.79 Å². The molecule has 0 saturated carbocycles. The van der Waals surface area contributed by atoms with Crippen LogP contribution in [0.2, 0.25) is 0 Å². The fraction of sp³-hybridized carbons (Fsp3) is 0.562. The maximum absolute atomic E-state index is 12.6. The number of benzene rings is 1. The van der Waals surface area contributed by atoms with Gasteiger partial charge < -0.3 is 9.47 Å². The Kier molecular flexibility index (Phi) is 4.36. The Morgan fingerprint density at radius 1 is 1.43 bits per heavy atom. The van der Waals surface area contributed by atoms with Crippen LogP contribution in [0.5, 0.6) is 0 Å². The molecule has 1 aliphatic rings. The van der Waals surface area contributed by atoms with Gasteiger partial charge in [-0.05, 0) is 52.3 Å². The Morgan fingerprint density at radius 3 is 2.67 bits per heavy atom. The number of hydrogen-bond acceptors (Lipinski definition) is 3. The highest BCUT2D eigenvalue weighted by molar-refractivity contribution is 9.10. The topological polar surface area (TPSA) is 38.8 Å². The number of nitrogens with zero attached hydrogens (tertiary/aromatic N) is 1. The summed E-state index contributed by atoms with van der Waals surface area (Å²) in [5.74, 6) is 0. The molecule has 0 aromatic heterocycles. The molecule has 1 fully saturated rings. The number of carbonyl (C=O) groups excluding carboxylic acids is 1. The van der Waals surface area contributed by atoms with Crippen molar-refractivity contribution in [2.45, 2.75) is 52.0 Å². The highest BCUT2D eigenvalue weighted by Gasteiger charge is 2.46. The normalized spacial score (nSPS) is 21.4. The predicted molar refractivity (Wildman–Crippen MR) is 85.0 cm³/mol. The molecule has 1 saturated heterocycles. The second kappa shape index (κ2) is 5.61. The van der Waals surface area contributed by atoms with Gasteiger partial charge in [-0.1, -0.05) is 28.1 Å². The number of halogens is 1. The van der Waals surface area contributed by atoms with E-state index in [0.29, 0.717) is 6.61 Å². The monoisotopic (exact) mass is 355 g/mol. The van der Waals surface area contributed by atoms with Gasteiger partial charge >= 0.3 is 6.09 Å². The van der Waals surface area contributed by atoms with Crippen LogP contribution in [-0.2, 0) is 9.47 Å². The molecule has 2 rings (SSSR count). The van der Waals surface area contributed by atoms with Gasteiger partial charge in [-0.3, -0.25) is 4.90 Å². The van der Waals surface area contributed by atoms with Crippen LogP contribution in [0.15, 0.2) is 28.7 Å². The summed E-state index contributed by atoms with van der Waals surface area (Å²) in [5, 5.41) is 0. The molecule has 0 radical (unpaired) electrons. The molecular formula is C16H22BrNO3. The first-order valence-corrected chi connectivity index (χ1v) is 7.81. The predicted octanol–water partition coefficient (Wildman–Crippen LogP) is 4.49. The third kappa shape index (κ3) is 3.77. The van der Waals surface area contributed by atoms with Gasteiger partial charge in [-0.15, -0.1) is 0 Å². The van der Waals surface area contributed by atoms with Gasteiger partial charge in [0.25, 0.3) is 0 Å². The minimum atomic E-state index is -0.685. The highest BCUT2D eigenvalue weighted by atomic mass is 79.9. The minimum Gasteiger partial charge on any atom is -0.444 e. The van der Waals surface area contributed by atoms with E-state index in [4.69, 9.17) is 9.47 Å². The van der Waals surface area contributed by atoms with Gasteiger partial charge in [-0.25, -0.2) is 4.79 Å². The number of carbonyl (C=O) groups is 1. The zero-order valence-electron chi connectivity index (χ0n) is 13.1. The van der Waals surface area contributed by atoms with E-state index in [-0.39, 0.29) is 12.1 Å². The fourth-order valence-corrected chi connectivity index (χ4v) is 2.84. The molecule has 5 heteroatoms. The van der Waals surface area contributed by atoms with Crippen LogP contribution >= 0.6 is 15.9 Å². The number of hydrogen-bond donors (Lipinski definition) is 0. The second-order valence-electron chi connectivity index (χ2n) is 6.68. The lowest BCUT2D eigenvalue weighted by Crippen LogP contribution is -2.47. The summed E-state index contributed by atoms with van der Waals surface area (Å²) in [5.41, 5.74) is -0.187. The number of amides is 1. The first kappa shape index (κ1) is 16.3. The zero-order chi connectivity index (χ0) is 15.8. The first-order chi connectivity index (χ1) is 9.60. The first-order valence-electron chi connectivity index (χ1n) is 7.02. The number of ether oxygens (including phenoxy) is 2. The van der Waals surface area contributed by atoms with Gasteiger partial charge in [0.15, 0.2) is 0 Å². The van der Waals surface area contributed by atoms with Crippen molar-refractivity contribution in [2.75, 3.05) is 6.61 Å². The van der Waals surface area contributed by atoms with Gasteiger partial charge in [0, 0.05) is 4.47 Å². The van der Waals surface area contributed by atoms with Crippen LogP contribution in [0.1, 0.15) is 46.2 Å². The van der Waals surface area contributed by atoms with E-state index in [9.17, 15) is 4.79 Å². The standard InChI is InChI=1S/C16H22BrNO3/c1-15(2,3)21-14(19)18-13(10-20-16(18,4)5)11-7-6-8-12(17)9-11/h6-9,13H,10H2,1-5H3/t13-/m1/s1. The van der Waals surface area contributed by atoms with Crippen molar-refractivity contribution in [3.05, 3.63) is 34.3 Å².